The van der Waals surface area contributed by atoms with Gasteiger partial charge in [0, 0.05) is 6.54 Å². The molecule has 3 aliphatic heterocycles. The van der Waals surface area contributed by atoms with E-state index in [2.05, 4.69) is 9.60 Å². The number of hydrogen-bond acceptors (Lipinski definition) is 7. The van der Waals surface area contributed by atoms with Gasteiger partial charge in [0.25, 0.3) is 0 Å². The van der Waals surface area contributed by atoms with Crippen molar-refractivity contribution in [3.8, 4) is 0 Å². The van der Waals surface area contributed by atoms with Crippen molar-refractivity contribution in [1.82, 2.24) is 15.3 Å². The SMILES string of the molecule is NC1(C(=O)[C@@H]2CC[C@@H]3CN2C(=O)N3OS(=O)(=O)O)CCNCC1. The van der Waals surface area contributed by atoms with Gasteiger partial charge in [-0.3, -0.25) is 9.35 Å². The van der Waals surface area contributed by atoms with E-state index in [-0.39, 0.29) is 12.3 Å². The Kier molecular flexibility index (Phi) is 4.09. The van der Waals surface area contributed by atoms with Crippen LogP contribution in [-0.2, 0) is 19.5 Å². The van der Waals surface area contributed by atoms with Crippen LogP contribution >= 0.6 is 0 Å². The molecular formula is C12H20N4O6S. The molecule has 3 rings (SSSR count). The maximum absolute atomic E-state index is 12.8. The molecule has 3 aliphatic rings. The lowest BCUT2D eigenvalue weighted by molar-refractivity contribution is -0.130. The number of Topliss-reactive ketones (excluding diaryl/α,β-unsaturated/α-hetero) is 1. The lowest BCUT2D eigenvalue weighted by Crippen LogP contribution is -2.61. The highest BCUT2D eigenvalue weighted by Crippen LogP contribution is 2.33. The Bertz CT molecular complexity index is 617. The van der Waals surface area contributed by atoms with Crippen LogP contribution in [-0.4, -0.2) is 72.0 Å². The van der Waals surface area contributed by atoms with Crippen molar-refractivity contribution in [3.05, 3.63) is 0 Å². The molecule has 0 aliphatic carbocycles. The van der Waals surface area contributed by atoms with Crippen molar-refractivity contribution in [2.24, 2.45) is 5.73 Å². The Labute approximate surface area is 133 Å². The molecule has 0 aromatic rings. The van der Waals surface area contributed by atoms with Crippen LogP contribution < -0.4 is 11.1 Å². The summed E-state index contributed by atoms with van der Waals surface area (Å²) in [5.74, 6) is -0.195. The molecule has 3 saturated heterocycles. The number of fused-ring (bicyclic) bond motifs is 2. The first-order valence-corrected chi connectivity index (χ1v) is 8.88. The Morgan fingerprint density at radius 2 is 2.00 bits per heavy atom. The van der Waals surface area contributed by atoms with Gasteiger partial charge in [-0.15, -0.1) is 4.28 Å². The molecule has 2 amide bonds. The fourth-order valence-electron chi connectivity index (χ4n) is 3.56. The zero-order chi connectivity index (χ0) is 16.8. The van der Waals surface area contributed by atoms with E-state index in [4.69, 9.17) is 10.3 Å². The third-order valence-electron chi connectivity index (χ3n) is 4.79. The molecule has 3 heterocycles. The van der Waals surface area contributed by atoms with Crippen molar-refractivity contribution in [3.63, 3.8) is 0 Å². The second kappa shape index (κ2) is 5.67. The summed E-state index contributed by atoms with van der Waals surface area (Å²) in [6.45, 7) is 1.46. The van der Waals surface area contributed by atoms with Crippen molar-refractivity contribution in [1.29, 1.82) is 0 Å². The van der Waals surface area contributed by atoms with Gasteiger partial charge < -0.3 is 16.0 Å². The second-order valence-corrected chi connectivity index (χ2v) is 7.28. The van der Waals surface area contributed by atoms with E-state index in [0.29, 0.717) is 43.8 Å². The number of piperidine rings is 2. The summed E-state index contributed by atoms with van der Waals surface area (Å²) >= 11 is 0. The molecule has 11 heteroatoms. The summed E-state index contributed by atoms with van der Waals surface area (Å²) in [6, 6.07) is -1.92. The Balaban J connectivity index is 1.77. The van der Waals surface area contributed by atoms with Gasteiger partial charge in [-0.05, 0) is 38.8 Å². The van der Waals surface area contributed by atoms with Crippen molar-refractivity contribution in [2.75, 3.05) is 19.6 Å². The molecule has 0 unspecified atom stereocenters. The molecule has 2 bridgehead atoms. The predicted octanol–water partition coefficient (Wildman–Crippen LogP) is -1.36. The summed E-state index contributed by atoms with van der Waals surface area (Å²) in [5.41, 5.74) is 5.27. The van der Waals surface area contributed by atoms with Crippen LogP contribution in [0.4, 0.5) is 4.79 Å². The molecule has 130 valence electrons. The smallest absolute Gasteiger partial charge is 0.319 e. The van der Waals surface area contributed by atoms with Crippen LogP contribution in [0.15, 0.2) is 0 Å². The number of rotatable bonds is 4. The second-order valence-electron chi connectivity index (χ2n) is 6.28. The highest BCUT2D eigenvalue weighted by molar-refractivity contribution is 7.80. The van der Waals surface area contributed by atoms with Gasteiger partial charge in [-0.1, -0.05) is 0 Å². The molecule has 0 aromatic heterocycles. The number of urea groups is 1. The summed E-state index contributed by atoms with van der Waals surface area (Å²) in [6.07, 6.45) is 1.80. The first kappa shape index (κ1) is 16.6. The van der Waals surface area contributed by atoms with Crippen LogP contribution in [0.2, 0.25) is 0 Å². The van der Waals surface area contributed by atoms with Crippen molar-refractivity contribution >= 4 is 22.2 Å². The number of nitrogens with two attached hydrogens (primary N) is 1. The van der Waals surface area contributed by atoms with E-state index in [0.717, 1.165) is 0 Å². The van der Waals surface area contributed by atoms with E-state index < -0.39 is 34.1 Å². The van der Waals surface area contributed by atoms with Crippen molar-refractivity contribution < 1.29 is 26.8 Å². The van der Waals surface area contributed by atoms with E-state index in [1.807, 2.05) is 0 Å². The number of hydrogen-bond donors (Lipinski definition) is 3. The maximum atomic E-state index is 12.8. The number of hydroxylamine groups is 2. The van der Waals surface area contributed by atoms with E-state index in [1.54, 1.807) is 0 Å². The summed E-state index contributed by atoms with van der Waals surface area (Å²) in [5, 5.41) is 3.77. The molecule has 0 spiro atoms. The highest BCUT2D eigenvalue weighted by atomic mass is 32.3. The van der Waals surface area contributed by atoms with E-state index in [1.165, 1.54) is 4.90 Å². The van der Waals surface area contributed by atoms with Crippen LogP contribution in [0.25, 0.3) is 0 Å². The molecule has 10 nitrogen and oxygen atoms in total. The quantitative estimate of drug-likeness (QED) is 0.529. The normalized spacial score (nSPS) is 30.6. The minimum Gasteiger partial charge on any atom is -0.319 e. The number of ketones is 1. The third kappa shape index (κ3) is 3.06. The molecular weight excluding hydrogens is 328 g/mol. The first-order valence-electron chi connectivity index (χ1n) is 7.52. The Morgan fingerprint density at radius 3 is 2.61 bits per heavy atom. The minimum absolute atomic E-state index is 0.180. The predicted molar refractivity (Wildman–Crippen MR) is 77.4 cm³/mol. The largest absolute Gasteiger partial charge is 0.418 e. The highest BCUT2D eigenvalue weighted by Gasteiger charge is 2.52. The number of amides is 2. The van der Waals surface area contributed by atoms with Gasteiger partial charge in [-0.2, -0.15) is 13.5 Å². The molecule has 0 aromatic carbocycles. The number of nitrogens with one attached hydrogen (secondary N) is 1. The average Bonchev–Trinajstić information content (AvgIpc) is 2.71. The van der Waals surface area contributed by atoms with Gasteiger partial charge in [0.15, 0.2) is 5.78 Å². The number of carbonyl (C=O) groups is 2. The fourth-order valence-corrected chi connectivity index (χ4v) is 3.94. The van der Waals surface area contributed by atoms with E-state index >= 15 is 0 Å². The zero-order valence-corrected chi connectivity index (χ0v) is 13.3. The topological polar surface area (TPSA) is 142 Å². The van der Waals surface area contributed by atoms with Gasteiger partial charge >= 0.3 is 16.4 Å². The zero-order valence-electron chi connectivity index (χ0n) is 12.5. The molecule has 4 N–H and O–H groups in total. The third-order valence-corrected chi connectivity index (χ3v) is 5.14. The van der Waals surface area contributed by atoms with E-state index in [9.17, 15) is 18.0 Å². The van der Waals surface area contributed by atoms with Gasteiger partial charge in [0.1, 0.15) is 0 Å². The lowest BCUT2D eigenvalue weighted by Gasteiger charge is -2.38. The van der Waals surface area contributed by atoms with Crippen LogP contribution in [0.3, 0.4) is 0 Å². The maximum Gasteiger partial charge on any atom is 0.418 e. The summed E-state index contributed by atoms with van der Waals surface area (Å²) in [7, 11) is -4.79. The first-order chi connectivity index (χ1) is 10.7. The molecule has 0 saturated carbocycles. The summed E-state index contributed by atoms with van der Waals surface area (Å²) < 4.78 is 34.8. The lowest BCUT2D eigenvalue weighted by atomic mass is 9.79. The number of nitrogens with zero attached hydrogens (tertiary/aromatic N) is 2. The average molecular weight is 348 g/mol. The van der Waals surface area contributed by atoms with Crippen LogP contribution in [0.1, 0.15) is 25.7 Å². The minimum atomic E-state index is -4.79. The standard InChI is InChI=1S/C12H20N4O6S/c13-12(3-5-14-6-4-12)10(17)9-2-1-8-7-15(9)11(18)16(8)22-23(19,20)21/h8-9,14H,1-7,13H2,(H,19,20,21)/t8-,9+/m1/s1. The molecule has 3 fully saturated rings. The Hall–Kier alpha value is -1.27. The van der Waals surface area contributed by atoms with Crippen molar-refractivity contribution in [2.45, 2.75) is 43.3 Å². The van der Waals surface area contributed by atoms with Gasteiger partial charge in [-0.25, -0.2) is 4.79 Å². The molecule has 0 radical (unpaired) electrons. The monoisotopic (exact) mass is 348 g/mol. The number of carbonyl (C=O) groups excluding carboxylic acids is 2. The van der Waals surface area contributed by atoms with Crippen LogP contribution in [0.5, 0.6) is 0 Å². The Morgan fingerprint density at radius 1 is 1.35 bits per heavy atom. The van der Waals surface area contributed by atoms with Gasteiger partial charge in [0.2, 0.25) is 0 Å². The molecule has 23 heavy (non-hydrogen) atoms. The van der Waals surface area contributed by atoms with Gasteiger partial charge in [0.05, 0.1) is 17.6 Å². The fraction of sp³-hybridized carbons (Fsp3) is 0.833. The van der Waals surface area contributed by atoms with Crippen LogP contribution in [0, 0.1) is 0 Å². The summed E-state index contributed by atoms with van der Waals surface area (Å²) in [4.78, 5) is 26.4. The molecule has 2 atom stereocenters.